The summed E-state index contributed by atoms with van der Waals surface area (Å²) in [6.45, 7) is 4.91. The molecule has 0 saturated carbocycles. The lowest BCUT2D eigenvalue weighted by Crippen LogP contribution is -2.44. The molecule has 0 unspecified atom stereocenters. The summed E-state index contributed by atoms with van der Waals surface area (Å²) in [7, 11) is 0. The van der Waals surface area contributed by atoms with Crippen LogP contribution in [0.3, 0.4) is 0 Å². The lowest BCUT2D eigenvalue weighted by atomic mass is 9.74. The molecule has 3 rings (SSSR count). The molecule has 1 aliphatic rings. The summed E-state index contributed by atoms with van der Waals surface area (Å²) in [4.78, 5) is 16.7. The van der Waals surface area contributed by atoms with Gasteiger partial charge in [-0.2, -0.15) is 0 Å². The van der Waals surface area contributed by atoms with E-state index in [0.29, 0.717) is 38.6 Å². The van der Waals surface area contributed by atoms with Crippen molar-refractivity contribution in [3.8, 4) is 5.75 Å². The van der Waals surface area contributed by atoms with Crippen LogP contribution in [0.25, 0.3) is 0 Å². The summed E-state index contributed by atoms with van der Waals surface area (Å²) >= 11 is 1.41. The van der Waals surface area contributed by atoms with E-state index < -0.39 is 0 Å². The summed E-state index contributed by atoms with van der Waals surface area (Å²) in [6, 6.07) is 8.17. The molecule has 3 N–H and O–H groups in total. The Morgan fingerprint density at radius 3 is 2.69 bits per heavy atom. The van der Waals surface area contributed by atoms with Crippen LogP contribution in [-0.2, 0) is 16.7 Å². The second kappa shape index (κ2) is 8.62. The van der Waals surface area contributed by atoms with Crippen LogP contribution in [-0.4, -0.2) is 37.3 Å². The fraction of sp³-hybridized carbons (Fsp3) is 0.474. The van der Waals surface area contributed by atoms with Gasteiger partial charge in [-0.3, -0.25) is 4.79 Å². The van der Waals surface area contributed by atoms with Crippen LogP contribution in [0.2, 0.25) is 0 Å². The first-order valence-corrected chi connectivity index (χ1v) is 9.78. The number of amides is 1. The maximum absolute atomic E-state index is 12.5. The molecular formula is C19H25N3O3S. The van der Waals surface area contributed by atoms with Crippen LogP contribution >= 0.6 is 11.3 Å². The van der Waals surface area contributed by atoms with Crippen LogP contribution in [0.15, 0.2) is 29.6 Å². The number of rotatable bonds is 7. The zero-order valence-electron chi connectivity index (χ0n) is 15.0. The number of hydrogen-bond acceptors (Lipinski definition) is 6. The third-order valence-corrected chi connectivity index (χ3v) is 5.65. The van der Waals surface area contributed by atoms with Crippen LogP contribution in [0, 0.1) is 0 Å². The van der Waals surface area contributed by atoms with Gasteiger partial charge in [-0.25, -0.2) is 4.98 Å². The number of benzene rings is 1. The number of carbonyl (C=O) groups excluding carboxylic acids is 1. The van der Waals surface area contributed by atoms with E-state index in [0.717, 1.165) is 23.6 Å². The molecule has 0 atom stereocenters. The standard InChI is InChI=1S/C19H25N3O3S/c1-2-25-15-5-3-14(4-6-15)19(7-9-24-10-8-19)13-21-18(23)16-12-26-17(11-20)22-16/h3-6,12H,2,7-11,13,20H2,1H3,(H,21,23). The Labute approximate surface area is 157 Å². The Balaban J connectivity index is 1.73. The molecule has 0 spiro atoms. The lowest BCUT2D eigenvalue weighted by molar-refractivity contribution is 0.0486. The number of nitrogens with one attached hydrogen (secondary N) is 1. The highest BCUT2D eigenvalue weighted by atomic mass is 32.1. The summed E-state index contributed by atoms with van der Waals surface area (Å²) in [5, 5.41) is 5.58. The van der Waals surface area contributed by atoms with Crippen molar-refractivity contribution in [1.29, 1.82) is 0 Å². The Kier molecular flexibility index (Phi) is 6.24. The fourth-order valence-corrected chi connectivity index (χ4v) is 3.90. The van der Waals surface area contributed by atoms with Crippen LogP contribution in [0.1, 0.15) is 40.8 Å². The van der Waals surface area contributed by atoms with Crippen molar-refractivity contribution < 1.29 is 14.3 Å². The van der Waals surface area contributed by atoms with E-state index in [4.69, 9.17) is 15.2 Å². The summed E-state index contributed by atoms with van der Waals surface area (Å²) in [5.74, 6) is 0.706. The highest BCUT2D eigenvalue weighted by Crippen LogP contribution is 2.35. The number of nitrogens with zero attached hydrogens (tertiary/aromatic N) is 1. The highest BCUT2D eigenvalue weighted by molar-refractivity contribution is 7.09. The molecule has 26 heavy (non-hydrogen) atoms. The predicted molar refractivity (Wildman–Crippen MR) is 102 cm³/mol. The van der Waals surface area contributed by atoms with E-state index in [1.807, 2.05) is 19.1 Å². The van der Waals surface area contributed by atoms with E-state index in [9.17, 15) is 4.79 Å². The normalized spacial score (nSPS) is 16.2. The molecule has 0 aliphatic carbocycles. The van der Waals surface area contributed by atoms with Crippen molar-refractivity contribution in [2.45, 2.75) is 31.7 Å². The third-order valence-electron chi connectivity index (χ3n) is 4.77. The van der Waals surface area contributed by atoms with Gasteiger partial charge in [0.15, 0.2) is 0 Å². The van der Waals surface area contributed by atoms with E-state index >= 15 is 0 Å². The first-order valence-electron chi connectivity index (χ1n) is 8.90. The molecule has 140 valence electrons. The third kappa shape index (κ3) is 4.23. The smallest absolute Gasteiger partial charge is 0.270 e. The predicted octanol–water partition coefficient (Wildman–Crippen LogP) is 2.48. The highest BCUT2D eigenvalue weighted by Gasteiger charge is 2.35. The van der Waals surface area contributed by atoms with Gasteiger partial charge < -0.3 is 20.5 Å². The van der Waals surface area contributed by atoms with Gasteiger partial charge in [0, 0.05) is 37.1 Å². The average molecular weight is 375 g/mol. The van der Waals surface area contributed by atoms with Gasteiger partial charge in [0.05, 0.1) is 6.61 Å². The van der Waals surface area contributed by atoms with Gasteiger partial charge in [-0.05, 0) is 37.5 Å². The van der Waals surface area contributed by atoms with E-state index in [1.165, 1.54) is 16.9 Å². The van der Waals surface area contributed by atoms with E-state index in [2.05, 4.69) is 22.4 Å². The maximum atomic E-state index is 12.5. The minimum absolute atomic E-state index is 0.134. The molecule has 2 heterocycles. The lowest BCUT2D eigenvalue weighted by Gasteiger charge is -2.38. The molecule has 1 saturated heterocycles. The Morgan fingerprint density at radius 1 is 1.35 bits per heavy atom. The van der Waals surface area contributed by atoms with Crippen molar-refractivity contribution in [1.82, 2.24) is 10.3 Å². The monoisotopic (exact) mass is 375 g/mol. The average Bonchev–Trinajstić information content (AvgIpc) is 3.17. The number of hydrogen-bond donors (Lipinski definition) is 2. The number of aromatic nitrogens is 1. The molecule has 1 fully saturated rings. The van der Waals surface area contributed by atoms with E-state index in [-0.39, 0.29) is 11.3 Å². The second-order valence-electron chi connectivity index (χ2n) is 6.36. The molecule has 1 aromatic heterocycles. The number of carbonyl (C=O) groups is 1. The van der Waals surface area contributed by atoms with Crippen LogP contribution in [0.4, 0.5) is 0 Å². The van der Waals surface area contributed by atoms with Gasteiger partial charge in [-0.15, -0.1) is 11.3 Å². The van der Waals surface area contributed by atoms with Gasteiger partial charge in [0.25, 0.3) is 5.91 Å². The Morgan fingerprint density at radius 2 is 2.08 bits per heavy atom. The molecule has 1 amide bonds. The topological polar surface area (TPSA) is 86.5 Å². The van der Waals surface area contributed by atoms with Crippen LogP contribution in [0.5, 0.6) is 5.75 Å². The molecule has 1 aliphatic heterocycles. The molecule has 7 heteroatoms. The Hall–Kier alpha value is -1.96. The van der Waals surface area contributed by atoms with Crippen LogP contribution < -0.4 is 15.8 Å². The largest absolute Gasteiger partial charge is 0.494 e. The summed E-state index contributed by atoms with van der Waals surface area (Å²) < 4.78 is 11.1. The number of nitrogens with two attached hydrogens (primary N) is 1. The molecule has 2 aromatic rings. The van der Waals surface area contributed by atoms with Crippen molar-refractivity contribution >= 4 is 17.2 Å². The molecular weight excluding hydrogens is 350 g/mol. The van der Waals surface area contributed by atoms with Crippen molar-refractivity contribution in [2.75, 3.05) is 26.4 Å². The Bertz CT molecular complexity index is 724. The molecule has 6 nitrogen and oxygen atoms in total. The quantitative estimate of drug-likeness (QED) is 0.776. The fourth-order valence-electron chi connectivity index (χ4n) is 3.25. The minimum atomic E-state index is -0.155. The summed E-state index contributed by atoms with van der Waals surface area (Å²) in [6.07, 6.45) is 1.73. The second-order valence-corrected chi connectivity index (χ2v) is 7.31. The van der Waals surface area contributed by atoms with Crippen molar-refractivity contribution in [3.05, 3.63) is 45.9 Å². The van der Waals surface area contributed by atoms with Gasteiger partial charge in [-0.1, -0.05) is 12.1 Å². The molecule has 0 bridgehead atoms. The summed E-state index contributed by atoms with van der Waals surface area (Å²) in [5.41, 5.74) is 7.08. The van der Waals surface area contributed by atoms with Gasteiger partial charge in [0.2, 0.25) is 0 Å². The zero-order chi connectivity index (χ0) is 18.4. The van der Waals surface area contributed by atoms with Gasteiger partial charge in [0.1, 0.15) is 16.5 Å². The minimum Gasteiger partial charge on any atom is -0.494 e. The van der Waals surface area contributed by atoms with Gasteiger partial charge >= 0.3 is 0 Å². The maximum Gasteiger partial charge on any atom is 0.270 e. The molecule has 1 aromatic carbocycles. The first-order chi connectivity index (χ1) is 12.7. The first kappa shape index (κ1) is 18.8. The van der Waals surface area contributed by atoms with E-state index in [1.54, 1.807) is 5.38 Å². The number of thiazole rings is 1. The SMILES string of the molecule is CCOc1ccc(C2(CNC(=O)c3csc(CN)n3)CCOCC2)cc1. The van der Waals surface area contributed by atoms with Crippen molar-refractivity contribution in [3.63, 3.8) is 0 Å². The zero-order valence-corrected chi connectivity index (χ0v) is 15.8. The molecule has 0 radical (unpaired) electrons. The number of ether oxygens (including phenoxy) is 2. The van der Waals surface area contributed by atoms with Crippen molar-refractivity contribution in [2.24, 2.45) is 5.73 Å².